The molecule has 2 N–H and O–H groups in total. The zero-order valence-corrected chi connectivity index (χ0v) is 12.2. The highest BCUT2D eigenvalue weighted by Crippen LogP contribution is 2.17. The molecule has 0 saturated heterocycles. The van der Waals surface area contributed by atoms with Gasteiger partial charge in [-0.3, -0.25) is 4.79 Å². The van der Waals surface area contributed by atoms with Crippen LogP contribution in [-0.2, 0) is 4.79 Å². The van der Waals surface area contributed by atoms with Gasteiger partial charge in [-0.05, 0) is 37.1 Å². The molecule has 0 fully saturated rings. The molecule has 0 unspecified atom stereocenters. The molecule has 0 aliphatic heterocycles. The monoisotopic (exact) mass is 263 g/mol. The van der Waals surface area contributed by atoms with Crippen molar-refractivity contribution in [2.45, 2.75) is 26.2 Å². The Balaban J connectivity index is 2.53. The standard InChI is InChI=1S/C15H25N3O/c1-4-11-18(12-5-6-15(19)17(2)3)14-9-7-13(16)8-10-14/h7-10H,4-6,11-12,16H2,1-3H3. The molecular formula is C15H25N3O. The van der Waals surface area contributed by atoms with Crippen LogP contribution in [0.2, 0.25) is 0 Å². The molecule has 0 heterocycles. The second kappa shape index (κ2) is 7.67. The Morgan fingerprint density at radius 2 is 1.79 bits per heavy atom. The lowest BCUT2D eigenvalue weighted by Gasteiger charge is -2.24. The normalized spacial score (nSPS) is 10.3. The zero-order chi connectivity index (χ0) is 14.3. The minimum Gasteiger partial charge on any atom is -0.399 e. The zero-order valence-electron chi connectivity index (χ0n) is 12.2. The van der Waals surface area contributed by atoms with Gasteiger partial charge in [0, 0.05) is 45.0 Å². The fourth-order valence-corrected chi connectivity index (χ4v) is 1.97. The molecule has 1 rings (SSSR count). The second-order valence-corrected chi connectivity index (χ2v) is 4.97. The van der Waals surface area contributed by atoms with Crippen molar-refractivity contribution < 1.29 is 4.79 Å². The fraction of sp³-hybridized carbons (Fsp3) is 0.533. The van der Waals surface area contributed by atoms with Gasteiger partial charge in [0.15, 0.2) is 0 Å². The lowest BCUT2D eigenvalue weighted by Crippen LogP contribution is -2.27. The van der Waals surface area contributed by atoms with Crippen LogP contribution in [0.25, 0.3) is 0 Å². The number of hydrogen-bond acceptors (Lipinski definition) is 3. The van der Waals surface area contributed by atoms with Crippen LogP contribution in [0.5, 0.6) is 0 Å². The van der Waals surface area contributed by atoms with Crippen molar-refractivity contribution in [3.05, 3.63) is 24.3 Å². The van der Waals surface area contributed by atoms with Crippen LogP contribution < -0.4 is 10.6 Å². The number of benzene rings is 1. The van der Waals surface area contributed by atoms with E-state index >= 15 is 0 Å². The van der Waals surface area contributed by atoms with E-state index in [0.29, 0.717) is 6.42 Å². The van der Waals surface area contributed by atoms with Crippen LogP contribution in [0.15, 0.2) is 24.3 Å². The lowest BCUT2D eigenvalue weighted by atomic mass is 10.2. The highest BCUT2D eigenvalue weighted by atomic mass is 16.2. The first-order valence-corrected chi connectivity index (χ1v) is 6.85. The molecule has 0 saturated carbocycles. The van der Waals surface area contributed by atoms with E-state index in [1.165, 1.54) is 5.69 Å². The molecule has 1 aromatic rings. The van der Waals surface area contributed by atoms with Gasteiger partial charge in [-0.1, -0.05) is 6.92 Å². The number of nitrogens with two attached hydrogens (primary N) is 1. The van der Waals surface area contributed by atoms with Crippen molar-refractivity contribution in [1.29, 1.82) is 0 Å². The first kappa shape index (κ1) is 15.3. The fourth-order valence-electron chi connectivity index (χ4n) is 1.97. The third-order valence-electron chi connectivity index (χ3n) is 3.07. The first-order valence-electron chi connectivity index (χ1n) is 6.85. The Bertz CT molecular complexity index is 387. The van der Waals surface area contributed by atoms with Crippen LogP contribution in [0.1, 0.15) is 26.2 Å². The van der Waals surface area contributed by atoms with Gasteiger partial charge in [0.25, 0.3) is 0 Å². The number of amides is 1. The maximum absolute atomic E-state index is 11.6. The topological polar surface area (TPSA) is 49.6 Å². The van der Waals surface area contributed by atoms with Gasteiger partial charge in [0.1, 0.15) is 0 Å². The van der Waals surface area contributed by atoms with Crippen molar-refractivity contribution in [2.24, 2.45) is 0 Å². The SMILES string of the molecule is CCCN(CCCC(=O)N(C)C)c1ccc(N)cc1. The van der Waals surface area contributed by atoms with Crippen LogP contribution in [0, 0.1) is 0 Å². The summed E-state index contributed by atoms with van der Waals surface area (Å²) in [5, 5.41) is 0. The first-order chi connectivity index (χ1) is 9.04. The highest BCUT2D eigenvalue weighted by molar-refractivity contribution is 5.75. The van der Waals surface area contributed by atoms with Crippen molar-refractivity contribution in [1.82, 2.24) is 4.90 Å². The molecule has 0 radical (unpaired) electrons. The Labute approximate surface area is 116 Å². The van der Waals surface area contributed by atoms with E-state index in [1.54, 1.807) is 19.0 Å². The third kappa shape index (κ3) is 5.20. The molecule has 1 amide bonds. The number of nitrogen functional groups attached to an aromatic ring is 1. The Kier molecular flexibility index (Phi) is 6.19. The van der Waals surface area contributed by atoms with E-state index in [9.17, 15) is 4.79 Å². The average Bonchev–Trinajstić information content (AvgIpc) is 2.38. The lowest BCUT2D eigenvalue weighted by molar-refractivity contribution is -0.128. The number of nitrogens with zero attached hydrogens (tertiary/aromatic N) is 2. The van der Waals surface area contributed by atoms with Gasteiger partial charge in [-0.2, -0.15) is 0 Å². The summed E-state index contributed by atoms with van der Waals surface area (Å²) in [7, 11) is 3.60. The van der Waals surface area contributed by atoms with Crippen molar-refractivity contribution in [2.75, 3.05) is 37.8 Å². The third-order valence-corrected chi connectivity index (χ3v) is 3.07. The van der Waals surface area contributed by atoms with Crippen LogP contribution in [0.4, 0.5) is 11.4 Å². The Hall–Kier alpha value is -1.71. The summed E-state index contributed by atoms with van der Waals surface area (Å²) in [5.41, 5.74) is 7.66. The molecule has 0 aliphatic rings. The minimum atomic E-state index is 0.189. The van der Waals surface area contributed by atoms with Crippen LogP contribution >= 0.6 is 0 Å². The summed E-state index contributed by atoms with van der Waals surface area (Å²) in [4.78, 5) is 15.5. The number of carbonyl (C=O) groups is 1. The van der Waals surface area contributed by atoms with E-state index in [0.717, 1.165) is 31.6 Å². The van der Waals surface area contributed by atoms with Crippen LogP contribution in [0.3, 0.4) is 0 Å². The number of anilines is 2. The summed E-state index contributed by atoms with van der Waals surface area (Å²) in [6.07, 6.45) is 2.57. The quantitative estimate of drug-likeness (QED) is 0.768. The molecule has 4 heteroatoms. The molecule has 0 atom stereocenters. The molecule has 0 aromatic heterocycles. The van der Waals surface area contributed by atoms with Gasteiger partial charge in [0.2, 0.25) is 5.91 Å². The molecule has 4 nitrogen and oxygen atoms in total. The van der Waals surface area contributed by atoms with Gasteiger partial charge in [-0.25, -0.2) is 0 Å². The van der Waals surface area contributed by atoms with Crippen LogP contribution in [-0.4, -0.2) is 38.0 Å². The van der Waals surface area contributed by atoms with E-state index < -0.39 is 0 Å². The number of hydrogen-bond donors (Lipinski definition) is 1. The Morgan fingerprint density at radius 1 is 1.16 bits per heavy atom. The summed E-state index contributed by atoms with van der Waals surface area (Å²) < 4.78 is 0. The predicted octanol–water partition coefficient (Wildman–Crippen LogP) is 2.35. The molecule has 0 bridgehead atoms. The molecule has 0 spiro atoms. The summed E-state index contributed by atoms with van der Waals surface area (Å²) in [6, 6.07) is 7.92. The Morgan fingerprint density at radius 3 is 2.32 bits per heavy atom. The number of carbonyl (C=O) groups excluding carboxylic acids is 1. The molecular weight excluding hydrogens is 238 g/mol. The highest BCUT2D eigenvalue weighted by Gasteiger charge is 2.08. The minimum absolute atomic E-state index is 0.189. The van der Waals surface area contributed by atoms with E-state index in [1.807, 2.05) is 24.3 Å². The van der Waals surface area contributed by atoms with Crippen molar-refractivity contribution in [3.8, 4) is 0 Å². The maximum atomic E-state index is 11.6. The van der Waals surface area contributed by atoms with Crippen molar-refractivity contribution >= 4 is 17.3 Å². The summed E-state index contributed by atoms with van der Waals surface area (Å²) in [6.45, 7) is 4.06. The largest absolute Gasteiger partial charge is 0.399 e. The van der Waals surface area contributed by atoms with Gasteiger partial charge in [-0.15, -0.1) is 0 Å². The second-order valence-electron chi connectivity index (χ2n) is 4.97. The van der Waals surface area contributed by atoms with E-state index in [-0.39, 0.29) is 5.91 Å². The molecule has 0 aliphatic carbocycles. The van der Waals surface area contributed by atoms with E-state index in [4.69, 9.17) is 5.73 Å². The van der Waals surface area contributed by atoms with Gasteiger partial charge in [0.05, 0.1) is 0 Å². The number of rotatable bonds is 7. The smallest absolute Gasteiger partial charge is 0.222 e. The molecule has 1 aromatic carbocycles. The molecule has 19 heavy (non-hydrogen) atoms. The van der Waals surface area contributed by atoms with Gasteiger partial charge >= 0.3 is 0 Å². The summed E-state index contributed by atoms with van der Waals surface area (Å²) >= 11 is 0. The van der Waals surface area contributed by atoms with E-state index in [2.05, 4.69) is 11.8 Å². The predicted molar refractivity (Wildman–Crippen MR) is 81.3 cm³/mol. The molecule has 106 valence electrons. The summed E-state index contributed by atoms with van der Waals surface area (Å²) in [5.74, 6) is 0.189. The van der Waals surface area contributed by atoms with Gasteiger partial charge < -0.3 is 15.5 Å². The van der Waals surface area contributed by atoms with Crippen molar-refractivity contribution in [3.63, 3.8) is 0 Å². The maximum Gasteiger partial charge on any atom is 0.222 e. The average molecular weight is 263 g/mol.